The summed E-state index contributed by atoms with van der Waals surface area (Å²) in [5.74, 6) is -0.189. The molecule has 3 heterocycles. The smallest absolute Gasteiger partial charge is 0.250 e. The number of amides is 1. The Morgan fingerprint density at radius 2 is 1.95 bits per heavy atom. The SMILES string of the molecule is COCC(=O)Nc1ccc(N2C(=S)NC(c3ccccn3)C2c2ccc3c(c2)C(C)=CC(C)(C)N3C)cc1C. The number of nitrogens with one attached hydrogen (secondary N) is 2. The number of benzene rings is 2. The molecule has 2 aromatic carbocycles. The Morgan fingerprint density at radius 1 is 1.15 bits per heavy atom. The van der Waals surface area contributed by atoms with Gasteiger partial charge in [0.2, 0.25) is 5.91 Å². The lowest BCUT2D eigenvalue weighted by atomic mass is 9.86. The van der Waals surface area contributed by atoms with Gasteiger partial charge in [-0.1, -0.05) is 18.2 Å². The van der Waals surface area contributed by atoms with Gasteiger partial charge in [0, 0.05) is 43.0 Å². The fourth-order valence-corrected chi connectivity index (χ4v) is 5.93. The highest BCUT2D eigenvalue weighted by molar-refractivity contribution is 7.80. The first-order chi connectivity index (χ1) is 18.6. The maximum atomic E-state index is 12.1. The highest BCUT2D eigenvalue weighted by atomic mass is 32.1. The number of anilines is 3. The number of likely N-dealkylation sites (N-methyl/N-ethyl adjacent to an activating group) is 1. The molecular weight excluding hydrogens is 506 g/mol. The van der Waals surface area contributed by atoms with Crippen molar-refractivity contribution < 1.29 is 9.53 Å². The minimum Gasteiger partial charge on any atom is -0.375 e. The van der Waals surface area contributed by atoms with Gasteiger partial charge in [-0.25, -0.2) is 0 Å². The van der Waals surface area contributed by atoms with Crippen LogP contribution in [0.4, 0.5) is 17.1 Å². The number of carbonyl (C=O) groups is 1. The lowest BCUT2D eigenvalue weighted by Gasteiger charge is -2.41. The minimum absolute atomic E-state index is 0.00765. The molecule has 0 saturated carbocycles. The van der Waals surface area contributed by atoms with Crippen LogP contribution < -0.4 is 20.4 Å². The largest absolute Gasteiger partial charge is 0.375 e. The molecule has 39 heavy (non-hydrogen) atoms. The van der Waals surface area contributed by atoms with Crippen molar-refractivity contribution in [1.82, 2.24) is 10.3 Å². The summed E-state index contributed by atoms with van der Waals surface area (Å²) in [5.41, 5.74) is 8.34. The standard InChI is InChI=1S/C31H35N5O2S/c1-19-15-22(11-12-24(19)33-27(37)18-38-6)36-29(28(34-30(36)39)25-9-7-8-14-32-25)21-10-13-26-23(16-21)20(2)17-31(3,4)35(26)5/h7-17,28-29H,18H2,1-6H3,(H,33,37)(H,34,39). The molecule has 3 aromatic rings. The van der Waals surface area contributed by atoms with Gasteiger partial charge < -0.3 is 25.2 Å². The average Bonchev–Trinajstić information content (AvgIpc) is 3.25. The third-order valence-electron chi connectivity index (χ3n) is 7.72. The van der Waals surface area contributed by atoms with Gasteiger partial charge in [0.15, 0.2) is 5.11 Å². The number of ether oxygens (including phenoxy) is 1. The fraction of sp³-hybridized carbons (Fsp3) is 0.323. The molecule has 0 spiro atoms. The van der Waals surface area contributed by atoms with Crippen LogP contribution in [0.25, 0.3) is 5.57 Å². The van der Waals surface area contributed by atoms with Gasteiger partial charge in [-0.05, 0) is 99.1 Å². The highest BCUT2D eigenvalue weighted by Crippen LogP contribution is 2.45. The van der Waals surface area contributed by atoms with Crippen LogP contribution in [0.15, 0.2) is 66.9 Å². The maximum Gasteiger partial charge on any atom is 0.250 e. The second-order valence-electron chi connectivity index (χ2n) is 10.8. The van der Waals surface area contributed by atoms with Crippen molar-refractivity contribution in [3.63, 3.8) is 0 Å². The molecule has 2 aliphatic rings. The van der Waals surface area contributed by atoms with Crippen LogP contribution in [0.2, 0.25) is 0 Å². The molecule has 7 nitrogen and oxygen atoms in total. The number of fused-ring (bicyclic) bond motifs is 1. The summed E-state index contributed by atoms with van der Waals surface area (Å²) in [6.07, 6.45) is 4.14. The molecule has 1 saturated heterocycles. The van der Waals surface area contributed by atoms with E-state index in [4.69, 9.17) is 17.0 Å². The molecule has 1 amide bonds. The monoisotopic (exact) mass is 541 g/mol. The summed E-state index contributed by atoms with van der Waals surface area (Å²) >= 11 is 5.93. The summed E-state index contributed by atoms with van der Waals surface area (Å²) in [6, 6.07) is 18.4. The number of methoxy groups -OCH3 is 1. The zero-order valence-corrected chi connectivity index (χ0v) is 24.1. The van der Waals surface area contributed by atoms with E-state index < -0.39 is 0 Å². The first kappa shape index (κ1) is 26.8. The van der Waals surface area contributed by atoms with Crippen LogP contribution in [0.3, 0.4) is 0 Å². The molecule has 1 fully saturated rings. The first-order valence-electron chi connectivity index (χ1n) is 13.1. The maximum absolute atomic E-state index is 12.1. The van der Waals surface area contributed by atoms with E-state index in [1.807, 2.05) is 43.5 Å². The van der Waals surface area contributed by atoms with Crippen molar-refractivity contribution in [2.24, 2.45) is 0 Å². The zero-order valence-electron chi connectivity index (χ0n) is 23.3. The molecule has 2 aliphatic heterocycles. The van der Waals surface area contributed by atoms with E-state index in [9.17, 15) is 4.79 Å². The van der Waals surface area contributed by atoms with Crippen LogP contribution >= 0.6 is 12.2 Å². The van der Waals surface area contributed by atoms with E-state index in [1.165, 1.54) is 23.9 Å². The van der Waals surface area contributed by atoms with Gasteiger partial charge in [-0.15, -0.1) is 0 Å². The molecule has 0 aliphatic carbocycles. The molecule has 202 valence electrons. The number of hydrogen-bond acceptors (Lipinski definition) is 5. The zero-order chi connectivity index (χ0) is 27.9. The Morgan fingerprint density at radius 3 is 2.64 bits per heavy atom. The number of carbonyl (C=O) groups excluding carboxylic acids is 1. The van der Waals surface area contributed by atoms with Crippen molar-refractivity contribution >= 4 is 45.9 Å². The number of aromatic nitrogens is 1. The number of hydrogen-bond donors (Lipinski definition) is 2. The molecular formula is C31H35N5O2S. The fourth-order valence-electron chi connectivity index (χ4n) is 5.59. The molecule has 5 rings (SSSR count). The Balaban J connectivity index is 1.59. The van der Waals surface area contributed by atoms with E-state index in [-0.39, 0.29) is 30.1 Å². The Kier molecular flexibility index (Phi) is 7.18. The van der Waals surface area contributed by atoms with Gasteiger partial charge in [0.05, 0.1) is 23.3 Å². The van der Waals surface area contributed by atoms with E-state index in [0.717, 1.165) is 28.2 Å². The van der Waals surface area contributed by atoms with Crippen molar-refractivity contribution in [2.45, 2.75) is 45.3 Å². The Hall–Kier alpha value is -3.75. The van der Waals surface area contributed by atoms with Gasteiger partial charge in [0.25, 0.3) is 0 Å². The van der Waals surface area contributed by atoms with Gasteiger partial charge in [-0.2, -0.15) is 0 Å². The van der Waals surface area contributed by atoms with E-state index in [0.29, 0.717) is 5.11 Å². The second kappa shape index (κ2) is 10.4. The Labute approximate surface area is 235 Å². The quantitative estimate of drug-likeness (QED) is 0.383. The van der Waals surface area contributed by atoms with Gasteiger partial charge in [-0.3, -0.25) is 9.78 Å². The van der Waals surface area contributed by atoms with E-state index in [1.54, 1.807) is 0 Å². The van der Waals surface area contributed by atoms with Crippen LogP contribution in [-0.2, 0) is 9.53 Å². The number of aryl methyl sites for hydroxylation is 1. The number of thiocarbonyl (C=S) groups is 1. The molecule has 2 unspecified atom stereocenters. The number of nitrogens with zero attached hydrogens (tertiary/aromatic N) is 3. The average molecular weight is 542 g/mol. The summed E-state index contributed by atoms with van der Waals surface area (Å²) in [7, 11) is 3.65. The summed E-state index contributed by atoms with van der Waals surface area (Å²) in [4.78, 5) is 21.3. The van der Waals surface area contributed by atoms with Gasteiger partial charge in [0.1, 0.15) is 6.61 Å². The van der Waals surface area contributed by atoms with Crippen LogP contribution in [0.1, 0.15) is 55.2 Å². The molecule has 0 bridgehead atoms. The summed E-state index contributed by atoms with van der Waals surface area (Å²) in [5, 5.41) is 7.10. The molecule has 0 radical (unpaired) electrons. The lowest BCUT2D eigenvalue weighted by molar-refractivity contribution is -0.119. The molecule has 1 aromatic heterocycles. The van der Waals surface area contributed by atoms with Crippen molar-refractivity contribution in [1.29, 1.82) is 0 Å². The van der Waals surface area contributed by atoms with E-state index in [2.05, 4.69) is 83.6 Å². The predicted octanol–water partition coefficient (Wildman–Crippen LogP) is 5.78. The number of allylic oxidation sites excluding steroid dienone is 1. The summed E-state index contributed by atoms with van der Waals surface area (Å²) in [6.45, 7) is 8.63. The van der Waals surface area contributed by atoms with Crippen molar-refractivity contribution in [3.8, 4) is 0 Å². The molecule has 2 N–H and O–H groups in total. The van der Waals surface area contributed by atoms with Crippen LogP contribution in [0.5, 0.6) is 0 Å². The second-order valence-corrected chi connectivity index (χ2v) is 11.2. The van der Waals surface area contributed by atoms with Crippen molar-refractivity contribution in [2.75, 3.05) is 35.9 Å². The lowest BCUT2D eigenvalue weighted by Crippen LogP contribution is -2.42. The third kappa shape index (κ3) is 5.02. The number of pyridine rings is 1. The molecule has 8 heteroatoms. The number of rotatable bonds is 6. The highest BCUT2D eigenvalue weighted by Gasteiger charge is 2.41. The van der Waals surface area contributed by atoms with Crippen LogP contribution in [-0.4, -0.2) is 42.3 Å². The molecule has 2 atom stereocenters. The summed E-state index contributed by atoms with van der Waals surface area (Å²) < 4.78 is 4.96. The normalized spacial score (nSPS) is 19.8. The topological polar surface area (TPSA) is 69.7 Å². The van der Waals surface area contributed by atoms with Gasteiger partial charge >= 0.3 is 0 Å². The first-order valence-corrected chi connectivity index (χ1v) is 13.5. The minimum atomic E-state index is -0.189. The van der Waals surface area contributed by atoms with Crippen LogP contribution in [0, 0.1) is 6.92 Å². The van der Waals surface area contributed by atoms with E-state index >= 15 is 0 Å². The third-order valence-corrected chi connectivity index (χ3v) is 8.03. The Bertz CT molecular complexity index is 1450. The predicted molar refractivity (Wildman–Crippen MR) is 162 cm³/mol. The van der Waals surface area contributed by atoms with Crippen molar-refractivity contribution in [3.05, 3.63) is 89.3 Å².